The number of methoxy groups -OCH3 is 1. The van der Waals surface area contributed by atoms with E-state index in [4.69, 9.17) is 16.3 Å². The lowest BCUT2D eigenvalue weighted by molar-refractivity contribution is 0.0154. The molecule has 1 aromatic rings. The molecule has 1 rings (SSSR count). The molecule has 1 aromatic carbocycles. The normalized spacial score (nSPS) is 12.9. The molecule has 1 unspecified atom stereocenters. The van der Waals surface area contributed by atoms with Crippen molar-refractivity contribution in [1.29, 1.82) is 0 Å². The van der Waals surface area contributed by atoms with Crippen LogP contribution in [0.3, 0.4) is 0 Å². The highest BCUT2D eigenvalue weighted by atomic mass is 35.5. The SMILES string of the molecule is COc1ccc(Cl)c(NC(=O)NCC(C)(C)C(O)C(C)C)c1. The zero-order valence-corrected chi connectivity index (χ0v) is 14.5. The van der Waals surface area contributed by atoms with Crippen LogP contribution < -0.4 is 15.4 Å². The first kappa shape index (κ1) is 18.6. The predicted molar refractivity (Wildman–Crippen MR) is 89.7 cm³/mol. The largest absolute Gasteiger partial charge is 0.497 e. The molecule has 0 radical (unpaired) electrons. The number of carbonyl (C=O) groups excluding carboxylic acids is 1. The Morgan fingerprint density at radius 1 is 1.41 bits per heavy atom. The second-order valence-corrected chi connectivity index (χ2v) is 6.74. The summed E-state index contributed by atoms with van der Waals surface area (Å²) in [6.45, 7) is 8.07. The molecule has 0 bridgehead atoms. The summed E-state index contributed by atoms with van der Waals surface area (Å²) in [5, 5.41) is 16.0. The summed E-state index contributed by atoms with van der Waals surface area (Å²) in [6.07, 6.45) is -0.506. The minimum absolute atomic E-state index is 0.118. The topological polar surface area (TPSA) is 70.6 Å². The highest BCUT2D eigenvalue weighted by Gasteiger charge is 2.30. The molecule has 1 atom stereocenters. The molecule has 0 saturated heterocycles. The van der Waals surface area contributed by atoms with Crippen molar-refractivity contribution in [3.63, 3.8) is 0 Å². The number of rotatable bonds is 6. The molecule has 22 heavy (non-hydrogen) atoms. The van der Waals surface area contributed by atoms with Gasteiger partial charge in [-0.1, -0.05) is 39.3 Å². The maximum atomic E-state index is 12.0. The van der Waals surface area contributed by atoms with Gasteiger partial charge >= 0.3 is 6.03 Å². The van der Waals surface area contributed by atoms with E-state index in [0.29, 0.717) is 23.0 Å². The zero-order valence-electron chi connectivity index (χ0n) is 13.7. The first-order valence-corrected chi connectivity index (χ1v) is 7.61. The second-order valence-electron chi connectivity index (χ2n) is 6.33. The van der Waals surface area contributed by atoms with E-state index < -0.39 is 11.5 Å². The maximum absolute atomic E-state index is 12.0. The van der Waals surface area contributed by atoms with E-state index in [0.717, 1.165) is 0 Å². The van der Waals surface area contributed by atoms with Gasteiger partial charge in [0.15, 0.2) is 0 Å². The van der Waals surface area contributed by atoms with Crippen molar-refractivity contribution < 1.29 is 14.6 Å². The van der Waals surface area contributed by atoms with Gasteiger partial charge in [-0.2, -0.15) is 0 Å². The van der Waals surface area contributed by atoms with Crippen molar-refractivity contribution in [2.24, 2.45) is 11.3 Å². The molecule has 0 aliphatic carbocycles. The van der Waals surface area contributed by atoms with Crippen LogP contribution in [-0.4, -0.2) is 30.9 Å². The highest BCUT2D eigenvalue weighted by Crippen LogP contribution is 2.27. The lowest BCUT2D eigenvalue weighted by Crippen LogP contribution is -2.44. The minimum Gasteiger partial charge on any atom is -0.497 e. The standard InChI is InChI=1S/C16H25ClN2O3/c1-10(2)14(20)16(3,4)9-18-15(21)19-13-8-11(22-5)6-7-12(13)17/h6-8,10,14,20H,9H2,1-5H3,(H2,18,19,21). The van der Waals surface area contributed by atoms with Crippen LogP contribution in [0, 0.1) is 11.3 Å². The van der Waals surface area contributed by atoms with Gasteiger partial charge in [0.05, 0.1) is 23.9 Å². The lowest BCUT2D eigenvalue weighted by Gasteiger charge is -2.33. The summed E-state index contributed by atoms with van der Waals surface area (Å²) in [5.41, 5.74) is 0.0460. The molecule has 0 aliphatic heterocycles. The van der Waals surface area contributed by atoms with Gasteiger partial charge in [-0.3, -0.25) is 0 Å². The van der Waals surface area contributed by atoms with Crippen LogP contribution >= 0.6 is 11.6 Å². The number of benzene rings is 1. The number of urea groups is 1. The highest BCUT2D eigenvalue weighted by molar-refractivity contribution is 6.33. The van der Waals surface area contributed by atoms with Gasteiger partial charge < -0.3 is 20.5 Å². The number of halogens is 1. The van der Waals surface area contributed by atoms with E-state index in [1.165, 1.54) is 0 Å². The second kappa shape index (κ2) is 7.70. The fourth-order valence-electron chi connectivity index (χ4n) is 2.21. The third-order valence-electron chi connectivity index (χ3n) is 3.56. The van der Waals surface area contributed by atoms with Gasteiger partial charge in [-0.15, -0.1) is 0 Å². The van der Waals surface area contributed by atoms with Crippen molar-refractivity contribution in [3.8, 4) is 5.75 Å². The monoisotopic (exact) mass is 328 g/mol. The van der Waals surface area contributed by atoms with Crippen LogP contribution in [0.2, 0.25) is 5.02 Å². The average molecular weight is 329 g/mol. The molecule has 0 fully saturated rings. The van der Waals surface area contributed by atoms with E-state index >= 15 is 0 Å². The molecule has 0 aromatic heterocycles. The summed E-state index contributed by atoms with van der Waals surface area (Å²) in [6, 6.07) is 4.64. The number of carbonyl (C=O) groups is 1. The Balaban J connectivity index is 2.64. The van der Waals surface area contributed by atoms with Crippen molar-refractivity contribution >= 4 is 23.3 Å². The number of anilines is 1. The van der Waals surface area contributed by atoms with E-state index in [1.54, 1.807) is 25.3 Å². The van der Waals surface area contributed by atoms with Crippen molar-refractivity contribution in [2.75, 3.05) is 19.0 Å². The molecular weight excluding hydrogens is 304 g/mol. The average Bonchev–Trinajstić information content (AvgIpc) is 2.46. The van der Waals surface area contributed by atoms with Gasteiger partial charge in [-0.05, 0) is 18.1 Å². The van der Waals surface area contributed by atoms with Crippen molar-refractivity contribution in [2.45, 2.75) is 33.8 Å². The number of hydrogen-bond donors (Lipinski definition) is 3. The first-order valence-electron chi connectivity index (χ1n) is 7.24. The number of amides is 2. The minimum atomic E-state index is -0.506. The van der Waals surface area contributed by atoms with Crippen molar-refractivity contribution in [1.82, 2.24) is 5.32 Å². The lowest BCUT2D eigenvalue weighted by atomic mass is 9.81. The third kappa shape index (κ3) is 5.07. The quantitative estimate of drug-likeness (QED) is 0.748. The molecule has 5 nitrogen and oxygen atoms in total. The molecule has 124 valence electrons. The summed E-state index contributed by atoms with van der Waals surface area (Å²) in [5.74, 6) is 0.725. The molecule has 0 spiro atoms. The van der Waals surface area contributed by atoms with Crippen LogP contribution in [0.15, 0.2) is 18.2 Å². The number of aliphatic hydroxyl groups is 1. The smallest absolute Gasteiger partial charge is 0.319 e. The van der Waals surface area contributed by atoms with E-state index in [-0.39, 0.29) is 11.9 Å². The Labute approximate surface area is 137 Å². The molecule has 3 N–H and O–H groups in total. The van der Waals surface area contributed by atoms with E-state index in [9.17, 15) is 9.90 Å². The maximum Gasteiger partial charge on any atom is 0.319 e. The number of aliphatic hydroxyl groups excluding tert-OH is 1. The summed E-state index contributed by atoms with van der Waals surface area (Å²) >= 11 is 6.04. The summed E-state index contributed by atoms with van der Waals surface area (Å²) in [7, 11) is 1.54. The van der Waals surface area contributed by atoms with Gasteiger partial charge in [0, 0.05) is 18.0 Å². The van der Waals surface area contributed by atoms with E-state index in [2.05, 4.69) is 10.6 Å². The molecular formula is C16H25ClN2O3. The Morgan fingerprint density at radius 2 is 2.05 bits per heavy atom. The molecule has 2 amide bonds. The fraction of sp³-hybridized carbons (Fsp3) is 0.562. The van der Waals surface area contributed by atoms with Crippen LogP contribution in [0.5, 0.6) is 5.75 Å². The number of ether oxygens (including phenoxy) is 1. The van der Waals surface area contributed by atoms with Gasteiger partial charge in [0.25, 0.3) is 0 Å². The zero-order chi connectivity index (χ0) is 16.9. The van der Waals surface area contributed by atoms with Crippen LogP contribution in [0.4, 0.5) is 10.5 Å². The Morgan fingerprint density at radius 3 is 2.59 bits per heavy atom. The Kier molecular flexibility index (Phi) is 6.50. The van der Waals surface area contributed by atoms with Crippen LogP contribution in [0.25, 0.3) is 0 Å². The molecule has 6 heteroatoms. The van der Waals surface area contributed by atoms with Gasteiger partial charge in [-0.25, -0.2) is 4.79 Å². The summed E-state index contributed by atoms with van der Waals surface area (Å²) < 4.78 is 5.10. The predicted octanol–water partition coefficient (Wildman–Crippen LogP) is 3.51. The van der Waals surface area contributed by atoms with E-state index in [1.807, 2.05) is 27.7 Å². The number of hydrogen-bond acceptors (Lipinski definition) is 3. The summed E-state index contributed by atoms with van der Waals surface area (Å²) in [4.78, 5) is 12.0. The van der Waals surface area contributed by atoms with Crippen LogP contribution in [0.1, 0.15) is 27.7 Å². The molecule has 0 aliphatic rings. The number of nitrogens with one attached hydrogen (secondary N) is 2. The Hall–Kier alpha value is -1.46. The fourth-order valence-corrected chi connectivity index (χ4v) is 2.37. The Bertz CT molecular complexity index is 518. The molecule has 0 heterocycles. The first-order chi connectivity index (χ1) is 10.2. The van der Waals surface area contributed by atoms with Crippen LogP contribution in [-0.2, 0) is 0 Å². The van der Waals surface area contributed by atoms with Crippen molar-refractivity contribution in [3.05, 3.63) is 23.2 Å². The van der Waals surface area contributed by atoms with Gasteiger partial charge in [0.2, 0.25) is 0 Å². The third-order valence-corrected chi connectivity index (χ3v) is 3.89. The van der Waals surface area contributed by atoms with Gasteiger partial charge in [0.1, 0.15) is 5.75 Å². The molecule has 0 saturated carbocycles.